The predicted molar refractivity (Wildman–Crippen MR) is 63.4 cm³/mol. The number of rotatable bonds is 2. The lowest BCUT2D eigenvalue weighted by molar-refractivity contribution is 1.24. The Hall–Kier alpha value is -1.83. The Morgan fingerprint density at radius 3 is 2.67 bits per heavy atom. The number of aromatic nitrogens is 2. The minimum atomic E-state index is 0.976. The van der Waals surface area contributed by atoms with Gasteiger partial charge in [0, 0.05) is 17.6 Å². The number of nitrogens with zero attached hydrogens (tertiary/aromatic N) is 1. The fourth-order valence-electron chi connectivity index (χ4n) is 1.57. The molecule has 0 radical (unpaired) electrons. The van der Waals surface area contributed by atoms with Gasteiger partial charge >= 0.3 is 0 Å². The second-order valence-electron chi connectivity index (χ2n) is 3.64. The number of pyridine rings is 1. The topological polar surface area (TPSA) is 28.7 Å². The van der Waals surface area contributed by atoms with Crippen LogP contribution in [0, 0.1) is 13.8 Å². The van der Waals surface area contributed by atoms with Crippen LogP contribution < -0.4 is 0 Å². The maximum Gasteiger partial charge on any atom is 0.0630 e. The van der Waals surface area contributed by atoms with E-state index in [0.29, 0.717) is 0 Å². The Balaban J connectivity index is 2.22. The van der Waals surface area contributed by atoms with Crippen LogP contribution in [0.2, 0.25) is 0 Å². The van der Waals surface area contributed by atoms with E-state index in [1.54, 1.807) is 6.20 Å². The summed E-state index contributed by atoms with van der Waals surface area (Å²) in [7, 11) is 0. The average Bonchev–Trinajstić information content (AvgIpc) is 2.56. The number of hydrogen-bond donors (Lipinski definition) is 1. The summed E-state index contributed by atoms with van der Waals surface area (Å²) in [5, 5.41) is 0. The first kappa shape index (κ1) is 9.71. The van der Waals surface area contributed by atoms with Crippen LogP contribution in [0.1, 0.15) is 22.6 Å². The molecule has 0 fully saturated rings. The summed E-state index contributed by atoms with van der Waals surface area (Å²) in [4.78, 5) is 7.53. The van der Waals surface area contributed by atoms with Crippen molar-refractivity contribution in [1.82, 2.24) is 9.97 Å². The molecule has 0 aliphatic heterocycles. The van der Waals surface area contributed by atoms with Crippen LogP contribution in [-0.2, 0) is 0 Å². The Morgan fingerprint density at radius 1 is 1.20 bits per heavy atom. The van der Waals surface area contributed by atoms with Gasteiger partial charge in [0.2, 0.25) is 0 Å². The third-order valence-corrected chi connectivity index (χ3v) is 2.30. The van der Waals surface area contributed by atoms with Crippen LogP contribution in [-0.4, -0.2) is 9.97 Å². The lowest BCUT2D eigenvalue weighted by atomic mass is 10.2. The lowest BCUT2D eigenvalue weighted by Crippen LogP contribution is -1.78. The molecule has 0 aliphatic carbocycles. The maximum absolute atomic E-state index is 4.23. The van der Waals surface area contributed by atoms with E-state index in [1.165, 1.54) is 11.3 Å². The first-order chi connectivity index (χ1) is 7.25. The van der Waals surface area contributed by atoms with Crippen LogP contribution >= 0.6 is 0 Å². The molecular weight excluding hydrogens is 184 g/mol. The summed E-state index contributed by atoms with van der Waals surface area (Å²) < 4.78 is 0. The molecule has 0 saturated heterocycles. The standard InChI is InChI=1S/C13H14N2/c1-10-9-11(2)15-13(10)7-6-12-5-3-4-8-14-12/h3-9,15H,1-2H3/b7-6-. The lowest BCUT2D eigenvalue weighted by Gasteiger charge is -1.92. The van der Waals surface area contributed by atoms with Crippen molar-refractivity contribution >= 4 is 12.2 Å². The van der Waals surface area contributed by atoms with Crippen molar-refractivity contribution in [1.29, 1.82) is 0 Å². The van der Waals surface area contributed by atoms with Gasteiger partial charge < -0.3 is 4.98 Å². The molecule has 0 aliphatic rings. The van der Waals surface area contributed by atoms with E-state index in [2.05, 4.69) is 36.0 Å². The Bertz CT molecular complexity index is 467. The van der Waals surface area contributed by atoms with Crippen molar-refractivity contribution in [3.05, 3.63) is 53.1 Å². The number of aryl methyl sites for hydroxylation is 2. The van der Waals surface area contributed by atoms with E-state index in [1.807, 2.05) is 24.3 Å². The molecule has 0 unspecified atom stereocenters. The van der Waals surface area contributed by atoms with Crippen molar-refractivity contribution in [3.63, 3.8) is 0 Å². The zero-order valence-electron chi connectivity index (χ0n) is 8.99. The molecule has 76 valence electrons. The minimum absolute atomic E-state index is 0.976. The van der Waals surface area contributed by atoms with Gasteiger partial charge in [-0.1, -0.05) is 6.07 Å². The summed E-state index contributed by atoms with van der Waals surface area (Å²) in [6.07, 6.45) is 5.87. The molecule has 15 heavy (non-hydrogen) atoms. The zero-order chi connectivity index (χ0) is 10.7. The fourth-order valence-corrected chi connectivity index (χ4v) is 1.57. The molecule has 0 spiro atoms. The smallest absolute Gasteiger partial charge is 0.0630 e. The molecule has 2 aromatic rings. The van der Waals surface area contributed by atoms with Crippen LogP contribution in [0.5, 0.6) is 0 Å². The highest BCUT2D eigenvalue weighted by molar-refractivity contribution is 5.67. The van der Waals surface area contributed by atoms with E-state index in [4.69, 9.17) is 0 Å². The quantitative estimate of drug-likeness (QED) is 0.788. The van der Waals surface area contributed by atoms with Crippen molar-refractivity contribution in [3.8, 4) is 0 Å². The van der Waals surface area contributed by atoms with E-state index in [-0.39, 0.29) is 0 Å². The van der Waals surface area contributed by atoms with E-state index >= 15 is 0 Å². The number of aromatic amines is 1. The first-order valence-electron chi connectivity index (χ1n) is 5.01. The third kappa shape index (κ3) is 2.34. The summed E-state index contributed by atoms with van der Waals surface area (Å²) in [6, 6.07) is 8.03. The summed E-state index contributed by atoms with van der Waals surface area (Å²) in [6.45, 7) is 4.16. The minimum Gasteiger partial charge on any atom is -0.359 e. The molecule has 0 bridgehead atoms. The van der Waals surface area contributed by atoms with Gasteiger partial charge in [0.05, 0.1) is 5.69 Å². The molecule has 2 heterocycles. The Labute approximate surface area is 89.7 Å². The van der Waals surface area contributed by atoms with Gasteiger partial charge in [0.1, 0.15) is 0 Å². The molecule has 0 amide bonds. The number of hydrogen-bond acceptors (Lipinski definition) is 1. The molecule has 0 atom stereocenters. The highest BCUT2D eigenvalue weighted by atomic mass is 14.7. The van der Waals surface area contributed by atoms with Crippen molar-refractivity contribution in [2.45, 2.75) is 13.8 Å². The van der Waals surface area contributed by atoms with Gasteiger partial charge in [-0.25, -0.2) is 0 Å². The maximum atomic E-state index is 4.23. The highest BCUT2D eigenvalue weighted by Gasteiger charge is 1.96. The van der Waals surface area contributed by atoms with Gasteiger partial charge in [-0.05, 0) is 49.8 Å². The number of H-pyrrole nitrogens is 1. The second-order valence-corrected chi connectivity index (χ2v) is 3.64. The highest BCUT2D eigenvalue weighted by Crippen LogP contribution is 2.12. The van der Waals surface area contributed by atoms with Gasteiger partial charge in [-0.15, -0.1) is 0 Å². The van der Waals surface area contributed by atoms with Crippen molar-refractivity contribution in [2.24, 2.45) is 0 Å². The predicted octanol–water partition coefficient (Wildman–Crippen LogP) is 3.20. The van der Waals surface area contributed by atoms with Gasteiger partial charge in [0.15, 0.2) is 0 Å². The molecule has 0 saturated carbocycles. The largest absolute Gasteiger partial charge is 0.359 e. The Morgan fingerprint density at radius 2 is 2.07 bits per heavy atom. The van der Waals surface area contributed by atoms with Crippen molar-refractivity contribution in [2.75, 3.05) is 0 Å². The molecule has 2 nitrogen and oxygen atoms in total. The molecule has 0 aromatic carbocycles. The van der Waals surface area contributed by atoms with Gasteiger partial charge in [0.25, 0.3) is 0 Å². The Kier molecular flexibility index (Phi) is 2.68. The molecule has 2 aromatic heterocycles. The van der Waals surface area contributed by atoms with Crippen LogP contribution in [0.4, 0.5) is 0 Å². The van der Waals surface area contributed by atoms with Gasteiger partial charge in [-0.3, -0.25) is 4.98 Å². The van der Waals surface area contributed by atoms with Crippen LogP contribution in [0.15, 0.2) is 30.5 Å². The molecule has 2 heteroatoms. The van der Waals surface area contributed by atoms with E-state index < -0.39 is 0 Å². The summed E-state index contributed by atoms with van der Waals surface area (Å²) in [5.74, 6) is 0. The fraction of sp³-hybridized carbons (Fsp3) is 0.154. The van der Waals surface area contributed by atoms with E-state index in [9.17, 15) is 0 Å². The molecule has 1 N–H and O–H groups in total. The summed E-state index contributed by atoms with van der Waals surface area (Å²) in [5.41, 5.74) is 4.58. The van der Waals surface area contributed by atoms with Crippen molar-refractivity contribution < 1.29 is 0 Å². The number of nitrogens with one attached hydrogen (secondary N) is 1. The SMILES string of the molecule is Cc1cc(C)c(/C=C\c2ccccn2)[nH]1. The first-order valence-corrected chi connectivity index (χ1v) is 5.01. The van der Waals surface area contributed by atoms with Gasteiger partial charge in [-0.2, -0.15) is 0 Å². The summed E-state index contributed by atoms with van der Waals surface area (Å²) >= 11 is 0. The van der Waals surface area contributed by atoms with Crippen LogP contribution in [0.3, 0.4) is 0 Å². The monoisotopic (exact) mass is 198 g/mol. The second kappa shape index (κ2) is 4.13. The normalized spacial score (nSPS) is 11.1. The molecule has 2 rings (SSSR count). The van der Waals surface area contributed by atoms with E-state index in [0.717, 1.165) is 11.4 Å². The third-order valence-electron chi connectivity index (χ3n) is 2.30. The average molecular weight is 198 g/mol. The molecular formula is C13H14N2. The zero-order valence-corrected chi connectivity index (χ0v) is 8.99. The van der Waals surface area contributed by atoms with Crippen LogP contribution in [0.25, 0.3) is 12.2 Å².